The summed E-state index contributed by atoms with van der Waals surface area (Å²) in [5, 5.41) is 1.80. The van der Waals surface area contributed by atoms with Gasteiger partial charge in [-0.05, 0) is 40.3 Å². The van der Waals surface area contributed by atoms with E-state index >= 15 is 0 Å². The van der Waals surface area contributed by atoms with Crippen LogP contribution in [0.1, 0.15) is 5.56 Å². The van der Waals surface area contributed by atoms with E-state index < -0.39 is 15.8 Å². The Hall–Kier alpha value is -0.240. The third-order valence-corrected chi connectivity index (χ3v) is 2.99. The SMILES string of the molecule is O=C(NC(=O)C(Cl)(Cl)Cl)OCc1ccc(I)cc1. The van der Waals surface area contributed by atoms with E-state index in [0.29, 0.717) is 0 Å². The number of imide groups is 1. The molecule has 1 aromatic carbocycles. The van der Waals surface area contributed by atoms with Crippen LogP contribution in [0.5, 0.6) is 0 Å². The Morgan fingerprint density at radius 1 is 1.22 bits per heavy atom. The first kappa shape index (κ1) is 15.8. The molecule has 0 aliphatic carbocycles. The van der Waals surface area contributed by atoms with Gasteiger partial charge in [-0.15, -0.1) is 0 Å². The second-order valence-corrected chi connectivity index (χ2v) is 6.68. The Morgan fingerprint density at radius 3 is 2.28 bits per heavy atom. The largest absolute Gasteiger partial charge is 0.444 e. The van der Waals surface area contributed by atoms with Crippen molar-refractivity contribution in [3.05, 3.63) is 33.4 Å². The number of hydrogen-bond donors (Lipinski definition) is 1. The normalized spacial score (nSPS) is 10.9. The highest BCUT2D eigenvalue weighted by Gasteiger charge is 2.32. The van der Waals surface area contributed by atoms with Gasteiger partial charge in [-0.3, -0.25) is 10.1 Å². The number of ether oxygens (including phenoxy) is 1. The van der Waals surface area contributed by atoms with Crippen molar-refractivity contribution in [2.24, 2.45) is 0 Å². The maximum atomic E-state index is 11.2. The summed E-state index contributed by atoms with van der Waals surface area (Å²) in [6, 6.07) is 7.32. The van der Waals surface area contributed by atoms with Crippen LogP contribution in [0.15, 0.2) is 24.3 Å². The highest BCUT2D eigenvalue weighted by atomic mass is 127. The summed E-state index contributed by atoms with van der Waals surface area (Å²) in [7, 11) is 0. The number of carbonyl (C=O) groups excluding carboxylic acids is 2. The summed E-state index contributed by atoms with van der Waals surface area (Å²) in [6.07, 6.45) is -0.968. The monoisotopic (exact) mass is 421 g/mol. The molecule has 98 valence electrons. The van der Waals surface area contributed by atoms with Crippen LogP contribution in [-0.4, -0.2) is 15.8 Å². The first-order valence-electron chi connectivity index (χ1n) is 4.58. The number of halogens is 4. The minimum Gasteiger partial charge on any atom is -0.444 e. The number of benzene rings is 1. The molecular weight excluding hydrogens is 415 g/mol. The zero-order chi connectivity index (χ0) is 13.8. The van der Waals surface area contributed by atoms with Gasteiger partial charge < -0.3 is 4.74 Å². The molecule has 4 nitrogen and oxygen atoms in total. The lowest BCUT2D eigenvalue weighted by atomic mass is 10.2. The summed E-state index contributed by atoms with van der Waals surface area (Å²) in [5.41, 5.74) is 0.784. The predicted octanol–water partition coefficient (Wildman–Crippen LogP) is 3.41. The molecule has 0 atom stereocenters. The van der Waals surface area contributed by atoms with Gasteiger partial charge in [0.2, 0.25) is 0 Å². The van der Waals surface area contributed by atoms with E-state index in [1.807, 2.05) is 12.1 Å². The summed E-state index contributed by atoms with van der Waals surface area (Å²) >= 11 is 18.0. The summed E-state index contributed by atoms with van der Waals surface area (Å²) < 4.78 is 3.65. The van der Waals surface area contributed by atoms with Crippen LogP contribution >= 0.6 is 57.4 Å². The molecule has 18 heavy (non-hydrogen) atoms. The van der Waals surface area contributed by atoms with Crippen molar-refractivity contribution in [1.29, 1.82) is 0 Å². The van der Waals surface area contributed by atoms with Crippen LogP contribution in [0.4, 0.5) is 4.79 Å². The number of alkyl halides is 3. The van der Waals surface area contributed by atoms with E-state index in [-0.39, 0.29) is 6.61 Å². The van der Waals surface area contributed by atoms with Gasteiger partial charge in [0.15, 0.2) is 0 Å². The number of amides is 2. The molecule has 1 rings (SSSR count). The third-order valence-electron chi connectivity index (χ3n) is 1.76. The van der Waals surface area contributed by atoms with Gasteiger partial charge in [-0.25, -0.2) is 4.79 Å². The van der Waals surface area contributed by atoms with Crippen molar-refractivity contribution in [1.82, 2.24) is 5.32 Å². The molecule has 0 saturated heterocycles. The smallest absolute Gasteiger partial charge is 0.414 e. The van der Waals surface area contributed by atoms with Crippen LogP contribution in [-0.2, 0) is 16.1 Å². The molecule has 1 N–H and O–H groups in total. The Morgan fingerprint density at radius 2 is 1.78 bits per heavy atom. The van der Waals surface area contributed by atoms with Crippen molar-refractivity contribution < 1.29 is 14.3 Å². The Kier molecular flexibility index (Phi) is 5.97. The lowest BCUT2D eigenvalue weighted by Gasteiger charge is -2.10. The molecule has 0 aliphatic heterocycles. The van der Waals surface area contributed by atoms with Crippen molar-refractivity contribution in [2.75, 3.05) is 0 Å². The van der Waals surface area contributed by atoms with E-state index in [9.17, 15) is 9.59 Å². The highest BCUT2D eigenvalue weighted by molar-refractivity contribution is 14.1. The number of hydrogen-bond acceptors (Lipinski definition) is 3. The summed E-state index contributed by atoms with van der Waals surface area (Å²) in [4.78, 5) is 22.3. The quantitative estimate of drug-likeness (QED) is 0.587. The standard InChI is InChI=1S/C10H7Cl3INO3/c11-10(12,13)8(16)15-9(17)18-5-6-1-3-7(14)4-2-6/h1-4H,5H2,(H,15,16,17). The van der Waals surface area contributed by atoms with Crippen molar-refractivity contribution in [3.63, 3.8) is 0 Å². The number of rotatable bonds is 2. The zero-order valence-corrected chi connectivity index (χ0v) is 13.2. The Balaban J connectivity index is 2.42. The first-order chi connectivity index (χ1) is 8.29. The second-order valence-electron chi connectivity index (χ2n) is 3.15. The average Bonchev–Trinajstić information content (AvgIpc) is 2.27. The van der Waals surface area contributed by atoms with Crippen LogP contribution in [0.2, 0.25) is 0 Å². The van der Waals surface area contributed by atoms with E-state index in [1.54, 1.807) is 17.4 Å². The zero-order valence-electron chi connectivity index (χ0n) is 8.75. The summed E-state index contributed by atoms with van der Waals surface area (Å²) in [5.74, 6) is -1.06. The van der Waals surface area contributed by atoms with E-state index in [1.165, 1.54) is 0 Å². The molecule has 0 radical (unpaired) electrons. The van der Waals surface area contributed by atoms with E-state index in [4.69, 9.17) is 39.5 Å². The van der Waals surface area contributed by atoms with Crippen LogP contribution in [0, 0.1) is 3.57 Å². The van der Waals surface area contributed by atoms with E-state index in [0.717, 1.165) is 9.13 Å². The molecular formula is C10H7Cl3INO3. The van der Waals surface area contributed by atoms with Gasteiger partial charge in [0.1, 0.15) is 6.61 Å². The minimum absolute atomic E-state index is 0.0237. The molecule has 8 heteroatoms. The van der Waals surface area contributed by atoms with Gasteiger partial charge in [-0.2, -0.15) is 0 Å². The third kappa shape index (κ3) is 5.60. The van der Waals surface area contributed by atoms with Gasteiger partial charge in [0, 0.05) is 3.57 Å². The molecule has 0 aliphatic rings. The molecule has 0 heterocycles. The second kappa shape index (κ2) is 6.79. The number of alkyl carbamates (subject to hydrolysis) is 1. The topological polar surface area (TPSA) is 55.4 Å². The number of carbonyl (C=O) groups is 2. The van der Waals surface area contributed by atoms with Crippen LogP contribution < -0.4 is 5.32 Å². The fourth-order valence-electron chi connectivity index (χ4n) is 0.929. The van der Waals surface area contributed by atoms with Gasteiger partial charge in [-0.1, -0.05) is 46.9 Å². The molecule has 0 saturated carbocycles. The molecule has 0 bridgehead atoms. The molecule has 2 amide bonds. The molecule has 1 aromatic rings. The minimum atomic E-state index is -2.19. The molecule has 0 unspecified atom stereocenters. The van der Waals surface area contributed by atoms with Crippen molar-refractivity contribution >= 4 is 69.4 Å². The van der Waals surface area contributed by atoms with Crippen LogP contribution in [0.25, 0.3) is 0 Å². The van der Waals surface area contributed by atoms with E-state index in [2.05, 4.69) is 22.6 Å². The fourth-order valence-corrected chi connectivity index (χ4v) is 1.43. The van der Waals surface area contributed by atoms with Gasteiger partial charge >= 0.3 is 6.09 Å². The lowest BCUT2D eigenvalue weighted by molar-refractivity contribution is -0.119. The Labute approximate surface area is 132 Å². The molecule has 0 spiro atoms. The molecule has 0 aromatic heterocycles. The fraction of sp³-hybridized carbons (Fsp3) is 0.200. The lowest BCUT2D eigenvalue weighted by Crippen LogP contribution is -2.39. The predicted molar refractivity (Wildman–Crippen MR) is 77.8 cm³/mol. The summed E-state index contributed by atoms with van der Waals surface area (Å²) in [6.45, 7) is 0.0237. The van der Waals surface area contributed by atoms with Gasteiger partial charge in [0.25, 0.3) is 9.70 Å². The highest BCUT2D eigenvalue weighted by Crippen LogP contribution is 2.25. The maximum absolute atomic E-state index is 11.2. The molecule has 0 fully saturated rings. The van der Waals surface area contributed by atoms with Gasteiger partial charge in [0.05, 0.1) is 0 Å². The average molecular weight is 422 g/mol. The van der Waals surface area contributed by atoms with Crippen molar-refractivity contribution in [3.8, 4) is 0 Å². The van der Waals surface area contributed by atoms with Crippen molar-refractivity contribution in [2.45, 2.75) is 10.4 Å². The number of nitrogens with one attached hydrogen (secondary N) is 1. The van der Waals surface area contributed by atoms with Crippen LogP contribution in [0.3, 0.4) is 0 Å². The first-order valence-corrected chi connectivity index (χ1v) is 6.79. The maximum Gasteiger partial charge on any atom is 0.414 e. The Bertz CT molecular complexity index is 445.